The average molecular weight is 262 g/mol. The van der Waals surface area contributed by atoms with Gasteiger partial charge in [-0.3, -0.25) is 0 Å². The van der Waals surface area contributed by atoms with Crippen molar-refractivity contribution in [3.8, 4) is 0 Å². The lowest BCUT2D eigenvalue weighted by Crippen LogP contribution is -2.38. The topological polar surface area (TPSA) is 40.5 Å². The molecule has 0 amide bonds. The summed E-state index contributed by atoms with van der Waals surface area (Å²) in [6.07, 6.45) is 1.81. The number of benzene rings is 3. The Morgan fingerprint density at radius 3 is 2.20 bits per heavy atom. The number of hydrogen-bond donors (Lipinski definition) is 2. The SMILES string of the molecule is OC1C=c2ccc3cc4ccccc4cc3c2=CC1O. The van der Waals surface area contributed by atoms with E-state index in [0.29, 0.717) is 0 Å². The quantitative estimate of drug-likeness (QED) is 0.599. The van der Waals surface area contributed by atoms with Crippen LogP contribution in [0.3, 0.4) is 0 Å². The van der Waals surface area contributed by atoms with Crippen molar-refractivity contribution in [1.29, 1.82) is 0 Å². The van der Waals surface area contributed by atoms with Crippen LogP contribution in [0.15, 0.2) is 48.5 Å². The summed E-state index contributed by atoms with van der Waals surface area (Å²) in [4.78, 5) is 0. The monoisotopic (exact) mass is 262 g/mol. The molecule has 0 saturated carbocycles. The molecule has 2 heteroatoms. The van der Waals surface area contributed by atoms with Crippen LogP contribution in [0.25, 0.3) is 33.7 Å². The van der Waals surface area contributed by atoms with Gasteiger partial charge >= 0.3 is 0 Å². The highest BCUT2D eigenvalue weighted by molar-refractivity contribution is 5.98. The van der Waals surface area contributed by atoms with E-state index in [4.69, 9.17) is 0 Å². The second-order valence-electron chi connectivity index (χ2n) is 5.30. The van der Waals surface area contributed by atoms with Crippen molar-refractivity contribution in [2.45, 2.75) is 12.2 Å². The maximum absolute atomic E-state index is 9.86. The Balaban J connectivity index is 2.19. The van der Waals surface area contributed by atoms with Crippen LogP contribution in [0, 0.1) is 0 Å². The molecule has 0 fully saturated rings. The first kappa shape index (κ1) is 11.6. The Bertz CT molecular complexity index is 941. The van der Waals surface area contributed by atoms with Gasteiger partial charge < -0.3 is 10.2 Å². The van der Waals surface area contributed by atoms with Crippen LogP contribution >= 0.6 is 0 Å². The summed E-state index contributed by atoms with van der Waals surface area (Å²) in [6.45, 7) is 0. The van der Waals surface area contributed by atoms with E-state index in [1.165, 1.54) is 10.8 Å². The second kappa shape index (κ2) is 4.17. The molecule has 2 N–H and O–H groups in total. The van der Waals surface area contributed by atoms with E-state index >= 15 is 0 Å². The molecule has 20 heavy (non-hydrogen) atoms. The van der Waals surface area contributed by atoms with Gasteiger partial charge in [-0.05, 0) is 56.3 Å². The minimum Gasteiger partial charge on any atom is -0.386 e. The van der Waals surface area contributed by atoms with Crippen molar-refractivity contribution in [2.75, 3.05) is 0 Å². The van der Waals surface area contributed by atoms with Gasteiger partial charge in [-0.2, -0.15) is 0 Å². The molecule has 0 heterocycles. The maximum atomic E-state index is 9.86. The molecular formula is C18H14O2. The van der Waals surface area contributed by atoms with Crippen LogP contribution in [0.4, 0.5) is 0 Å². The molecular weight excluding hydrogens is 248 g/mol. The fraction of sp³-hybridized carbons (Fsp3) is 0.111. The van der Waals surface area contributed by atoms with Crippen molar-refractivity contribution in [3.05, 3.63) is 59.0 Å². The molecule has 2 unspecified atom stereocenters. The van der Waals surface area contributed by atoms with Crippen LogP contribution in [0.1, 0.15) is 0 Å². The summed E-state index contributed by atoms with van der Waals surface area (Å²) in [5, 5.41) is 26.2. The zero-order chi connectivity index (χ0) is 13.7. The lowest BCUT2D eigenvalue weighted by molar-refractivity contribution is 0.0993. The molecule has 0 radical (unpaired) electrons. The molecule has 3 aromatic rings. The number of aliphatic hydroxyl groups excluding tert-OH is 2. The summed E-state index contributed by atoms with van der Waals surface area (Å²) in [5.41, 5.74) is 0. The fourth-order valence-corrected chi connectivity index (χ4v) is 2.94. The summed E-state index contributed by atoms with van der Waals surface area (Å²) in [6, 6.07) is 16.6. The predicted molar refractivity (Wildman–Crippen MR) is 81.6 cm³/mol. The third kappa shape index (κ3) is 1.66. The summed E-state index contributed by atoms with van der Waals surface area (Å²) < 4.78 is 0. The highest BCUT2D eigenvalue weighted by Crippen LogP contribution is 2.20. The molecule has 2 atom stereocenters. The molecule has 0 saturated heterocycles. The van der Waals surface area contributed by atoms with Gasteiger partial charge in [-0.15, -0.1) is 0 Å². The molecule has 2 nitrogen and oxygen atoms in total. The first-order chi connectivity index (χ1) is 9.72. The second-order valence-corrected chi connectivity index (χ2v) is 5.30. The molecule has 0 bridgehead atoms. The Kier molecular flexibility index (Phi) is 2.43. The van der Waals surface area contributed by atoms with Gasteiger partial charge in [0.25, 0.3) is 0 Å². The summed E-state index contributed by atoms with van der Waals surface area (Å²) >= 11 is 0. The number of aliphatic hydroxyl groups is 2. The molecule has 0 spiro atoms. The summed E-state index contributed by atoms with van der Waals surface area (Å²) in [5.74, 6) is 0. The van der Waals surface area contributed by atoms with Gasteiger partial charge in [-0.25, -0.2) is 0 Å². The van der Waals surface area contributed by atoms with Gasteiger partial charge in [0.2, 0.25) is 0 Å². The highest BCUT2D eigenvalue weighted by atomic mass is 16.3. The number of rotatable bonds is 0. The molecule has 3 aromatic carbocycles. The van der Waals surface area contributed by atoms with Crippen molar-refractivity contribution < 1.29 is 10.2 Å². The van der Waals surface area contributed by atoms with Crippen LogP contribution < -0.4 is 10.4 Å². The first-order valence-electron chi connectivity index (χ1n) is 6.74. The van der Waals surface area contributed by atoms with Gasteiger partial charge in [0.1, 0.15) is 12.2 Å². The smallest absolute Gasteiger partial charge is 0.102 e. The fourth-order valence-electron chi connectivity index (χ4n) is 2.94. The van der Waals surface area contributed by atoms with E-state index < -0.39 is 12.2 Å². The van der Waals surface area contributed by atoms with Crippen LogP contribution in [-0.2, 0) is 0 Å². The van der Waals surface area contributed by atoms with Gasteiger partial charge in [-0.1, -0.05) is 36.4 Å². The number of fused-ring (bicyclic) bond motifs is 4. The van der Waals surface area contributed by atoms with Gasteiger partial charge in [0.15, 0.2) is 0 Å². The molecule has 1 aliphatic rings. The Morgan fingerprint density at radius 2 is 1.40 bits per heavy atom. The Labute approximate surface area is 115 Å². The van der Waals surface area contributed by atoms with Crippen molar-refractivity contribution >= 4 is 33.7 Å². The number of hydrogen-bond acceptors (Lipinski definition) is 2. The average Bonchev–Trinajstić information content (AvgIpc) is 2.47. The third-order valence-electron chi connectivity index (χ3n) is 4.00. The third-order valence-corrected chi connectivity index (χ3v) is 4.00. The van der Waals surface area contributed by atoms with Crippen LogP contribution in [0.2, 0.25) is 0 Å². The minimum atomic E-state index is -0.834. The lowest BCUT2D eigenvalue weighted by Gasteiger charge is -2.15. The van der Waals surface area contributed by atoms with Gasteiger partial charge in [0.05, 0.1) is 0 Å². The van der Waals surface area contributed by atoms with Crippen LogP contribution in [0.5, 0.6) is 0 Å². The molecule has 1 aliphatic carbocycles. The van der Waals surface area contributed by atoms with E-state index in [1.807, 2.05) is 18.2 Å². The van der Waals surface area contributed by atoms with E-state index in [-0.39, 0.29) is 0 Å². The zero-order valence-electron chi connectivity index (χ0n) is 10.8. The van der Waals surface area contributed by atoms with E-state index in [9.17, 15) is 10.2 Å². The summed E-state index contributed by atoms with van der Waals surface area (Å²) in [7, 11) is 0. The Morgan fingerprint density at radius 1 is 0.700 bits per heavy atom. The Hall–Kier alpha value is -2.16. The standard InChI is InChI=1S/C18H14O2/c19-17-9-14-6-5-13-7-11-3-1-2-4-12(11)8-15(13)16(14)10-18(17)20/h1-10,17-20H. The largest absolute Gasteiger partial charge is 0.386 e. The van der Waals surface area contributed by atoms with Crippen molar-refractivity contribution in [1.82, 2.24) is 0 Å². The molecule has 0 aliphatic heterocycles. The zero-order valence-corrected chi connectivity index (χ0v) is 10.8. The van der Waals surface area contributed by atoms with E-state index in [1.54, 1.807) is 12.2 Å². The normalized spacial score (nSPS) is 21.3. The van der Waals surface area contributed by atoms with E-state index in [0.717, 1.165) is 21.2 Å². The predicted octanol–water partition coefficient (Wildman–Crippen LogP) is 1.29. The van der Waals surface area contributed by atoms with Crippen molar-refractivity contribution in [3.63, 3.8) is 0 Å². The molecule has 98 valence electrons. The highest BCUT2D eigenvalue weighted by Gasteiger charge is 2.15. The lowest BCUT2D eigenvalue weighted by atomic mass is 9.96. The van der Waals surface area contributed by atoms with Gasteiger partial charge in [0, 0.05) is 0 Å². The molecule has 4 rings (SSSR count). The minimum absolute atomic E-state index is 0.819. The van der Waals surface area contributed by atoms with E-state index in [2.05, 4.69) is 30.3 Å². The maximum Gasteiger partial charge on any atom is 0.102 e. The molecule has 0 aromatic heterocycles. The van der Waals surface area contributed by atoms with Crippen LogP contribution in [-0.4, -0.2) is 22.4 Å². The first-order valence-corrected chi connectivity index (χ1v) is 6.74. The van der Waals surface area contributed by atoms with Crippen molar-refractivity contribution in [2.24, 2.45) is 0 Å².